The average molecular weight is 368 g/mol. The number of carbonyl (C=O) groups is 1. The molecule has 0 saturated heterocycles. The summed E-state index contributed by atoms with van der Waals surface area (Å²) >= 11 is 0. The van der Waals surface area contributed by atoms with Crippen LogP contribution in [0, 0.1) is 10.1 Å². The molecule has 2 aromatic rings. The summed E-state index contributed by atoms with van der Waals surface area (Å²) in [6.07, 6.45) is 2.92. The molecule has 6 nitrogen and oxygen atoms in total. The van der Waals surface area contributed by atoms with Gasteiger partial charge in [0.05, 0.1) is 11.1 Å². The molecule has 0 aliphatic carbocycles. The van der Waals surface area contributed by atoms with Crippen molar-refractivity contribution in [3.8, 4) is 0 Å². The third-order valence-corrected chi connectivity index (χ3v) is 3.93. The molecule has 0 saturated carbocycles. The number of nitrogens with zero attached hydrogens (tertiary/aromatic N) is 2. The number of ketones is 1. The van der Waals surface area contributed by atoms with Gasteiger partial charge in [0.15, 0.2) is 5.78 Å². The number of nitro benzene ring substituents is 1. The molecule has 2 aromatic carbocycles. The Hall–Kier alpha value is -3.06. The van der Waals surface area contributed by atoms with Crippen molar-refractivity contribution >= 4 is 31.6 Å². The van der Waals surface area contributed by atoms with Gasteiger partial charge in [0, 0.05) is 23.3 Å². The van der Waals surface area contributed by atoms with Gasteiger partial charge in [0.25, 0.3) is 14.0 Å². The van der Waals surface area contributed by atoms with Gasteiger partial charge >= 0.3 is 0 Å². The topological polar surface area (TPSA) is 81.8 Å². The Balaban J connectivity index is 2.36. The van der Waals surface area contributed by atoms with Crippen LogP contribution in [0.1, 0.15) is 15.9 Å². The van der Waals surface area contributed by atoms with E-state index < -0.39 is 13.2 Å². The largest absolute Gasteiger partial charge is 0.456 e. The first-order chi connectivity index (χ1) is 12.3. The van der Waals surface area contributed by atoms with Gasteiger partial charge in [0.2, 0.25) is 0 Å². The molecule has 0 radical (unpaired) electrons. The van der Waals surface area contributed by atoms with Crippen LogP contribution in [0.5, 0.6) is 0 Å². The summed E-state index contributed by atoms with van der Waals surface area (Å²) in [5.41, 5.74) is 1.69. The number of rotatable bonds is 7. The molecule has 26 heavy (non-hydrogen) atoms. The molecule has 0 spiro atoms. The molecule has 0 aliphatic heterocycles. The molecule has 0 N–H and O–H groups in total. The van der Waals surface area contributed by atoms with Crippen LogP contribution in [-0.4, -0.2) is 25.2 Å². The molecule has 2 rings (SSSR count). The van der Waals surface area contributed by atoms with Crippen molar-refractivity contribution in [1.82, 2.24) is 0 Å². The number of benzene rings is 2. The van der Waals surface area contributed by atoms with Crippen molar-refractivity contribution in [1.29, 1.82) is 0 Å². The number of hydrogen-bond donors (Lipinski definition) is 0. The summed E-state index contributed by atoms with van der Waals surface area (Å²) in [4.78, 5) is 22.8. The van der Waals surface area contributed by atoms with E-state index in [1.54, 1.807) is 36.4 Å². The van der Waals surface area contributed by atoms with E-state index in [-0.39, 0.29) is 11.5 Å². The smallest absolute Gasteiger partial charge is 0.278 e. The van der Waals surface area contributed by atoms with Crippen LogP contribution in [-0.2, 0) is 4.53 Å². The Morgan fingerprint density at radius 3 is 2.19 bits per heavy atom. The van der Waals surface area contributed by atoms with Crippen molar-refractivity contribution in [3.63, 3.8) is 0 Å². The van der Waals surface area contributed by atoms with Gasteiger partial charge in [-0.3, -0.25) is 14.9 Å². The van der Waals surface area contributed by atoms with Gasteiger partial charge in [-0.1, -0.05) is 30.3 Å². The molecular formula is C19H20N2O4Si. The maximum absolute atomic E-state index is 12.5. The van der Waals surface area contributed by atoms with Crippen LogP contribution in [0.15, 0.2) is 65.8 Å². The van der Waals surface area contributed by atoms with Crippen LogP contribution >= 0.6 is 0 Å². The van der Waals surface area contributed by atoms with Crippen molar-refractivity contribution in [2.75, 3.05) is 0 Å². The van der Waals surface area contributed by atoms with Crippen LogP contribution in [0.2, 0.25) is 19.6 Å². The minimum absolute atomic E-state index is 0.0160. The molecule has 0 heterocycles. The standard InChI is InChI=1S/C19H20N2O4Si/c1-26(2,3)25-20-14-17(13-19(22)16-7-5-4-6-8-16)15-9-11-18(12-10-15)21(23)24/h4-14H,1-3H3/b17-13-,20-14+. The molecule has 0 amide bonds. The quantitative estimate of drug-likeness (QED) is 0.177. The lowest BCUT2D eigenvalue weighted by atomic mass is 10.0. The lowest BCUT2D eigenvalue weighted by molar-refractivity contribution is -0.384. The fourth-order valence-electron chi connectivity index (χ4n) is 2.04. The third-order valence-electron chi connectivity index (χ3n) is 3.27. The Labute approximate surface area is 153 Å². The van der Waals surface area contributed by atoms with Crippen LogP contribution in [0.25, 0.3) is 5.57 Å². The second-order valence-corrected chi connectivity index (χ2v) is 11.0. The third kappa shape index (κ3) is 5.78. The van der Waals surface area contributed by atoms with E-state index in [0.717, 1.165) is 0 Å². The van der Waals surface area contributed by atoms with Gasteiger partial charge in [-0.05, 0) is 43.4 Å². The van der Waals surface area contributed by atoms with Gasteiger partial charge in [-0.2, -0.15) is 0 Å². The maximum atomic E-state index is 12.5. The number of hydrogen-bond acceptors (Lipinski definition) is 5. The number of nitro groups is 1. The number of non-ortho nitro benzene ring substituents is 1. The molecule has 7 heteroatoms. The summed E-state index contributed by atoms with van der Waals surface area (Å²) in [5.74, 6) is -0.182. The van der Waals surface area contributed by atoms with Crippen molar-refractivity contribution in [2.24, 2.45) is 5.16 Å². The average Bonchev–Trinajstić information content (AvgIpc) is 2.60. The molecular weight excluding hydrogens is 348 g/mol. The molecule has 0 atom stereocenters. The summed E-state index contributed by atoms with van der Waals surface area (Å²) < 4.78 is 5.48. The molecule has 0 bridgehead atoms. The molecule has 134 valence electrons. The summed E-state index contributed by atoms with van der Waals surface area (Å²) in [5, 5.41) is 14.8. The Kier molecular flexibility index (Phi) is 6.19. The van der Waals surface area contributed by atoms with E-state index >= 15 is 0 Å². The fourth-order valence-corrected chi connectivity index (χ4v) is 2.41. The fraction of sp³-hybridized carbons (Fsp3) is 0.158. The first kappa shape index (κ1) is 19.3. The minimum Gasteiger partial charge on any atom is -0.456 e. The Bertz CT molecular complexity index is 838. The van der Waals surface area contributed by atoms with Gasteiger partial charge < -0.3 is 4.53 Å². The second kappa shape index (κ2) is 8.35. The van der Waals surface area contributed by atoms with Crippen molar-refractivity contribution in [3.05, 3.63) is 81.9 Å². The number of allylic oxidation sites excluding steroid dienone is 2. The lowest BCUT2D eigenvalue weighted by Crippen LogP contribution is -2.22. The first-order valence-electron chi connectivity index (χ1n) is 8.04. The molecule has 0 aromatic heterocycles. The zero-order valence-electron chi connectivity index (χ0n) is 14.9. The van der Waals surface area contributed by atoms with Crippen molar-refractivity contribution < 1.29 is 14.2 Å². The zero-order valence-corrected chi connectivity index (χ0v) is 15.9. The summed E-state index contributed by atoms with van der Waals surface area (Å²) in [7, 11) is -1.85. The van der Waals surface area contributed by atoms with E-state index in [9.17, 15) is 14.9 Å². The highest BCUT2D eigenvalue weighted by molar-refractivity contribution is 6.69. The van der Waals surface area contributed by atoms with Gasteiger partial charge in [-0.15, -0.1) is 5.16 Å². The van der Waals surface area contributed by atoms with E-state index in [2.05, 4.69) is 5.16 Å². The Morgan fingerprint density at radius 2 is 1.65 bits per heavy atom. The van der Waals surface area contributed by atoms with E-state index in [1.165, 1.54) is 24.4 Å². The van der Waals surface area contributed by atoms with E-state index in [4.69, 9.17) is 4.53 Å². The number of oxime groups is 1. The maximum Gasteiger partial charge on any atom is 0.278 e. The van der Waals surface area contributed by atoms with Crippen LogP contribution in [0.3, 0.4) is 0 Å². The summed E-state index contributed by atoms with van der Waals surface area (Å²) in [6.45, 7) is 5.98. The zero-order chi connectivity index (χ0) is 19.2. The lowest BCUT2D eigenvalue weighted by Gasteiger charge is -2.12. The Morgan fingerprint density at radius 1 is 1.04 bits per heavy atom. The molecule has 0 unspecified atom stereocenters. The SMILES string of the molecule is C[Si](C)(C)O/N=C/C(=C/C(=O)c1ccccc1)c1ccc([N+](=O)[O-])cc1. The second-order valence-electron chi connectivity index (χ2n) is 6.57. The predicted octanol–water partition coefficient (Wildman–Crippen LogP) is 4.70. The van der Waals surface area contributed by atoms with Crippen molar-refractivity contribution in [2.45, 2.75) is 19.6 Å². The molecule has 0 fully saturated rings. The number of carbonyl (C=O) groups excluding carboxylic acids is 1. The highest BCUT2D eigenvalue weighted by atomic mass is 28.4. The van der Waals surface area contributed by atoms with Crippen LogP contribution < -0.4 is 0 Å². The highest BCUT2D eigenvalue weighted by Crippen LogP contribution is 2.19. The van der Waals surface area contributed by atoms with E-state index in [0.29, 0.717) is 16.7 Å². The van der Waals surface area contributed by atoms with Crippen LogP contribution in [0.4, 0.5) is 5.69 Å². The summed E-state index contributed by atoms with van der Waals surface area (Å²) in [6, 6.07) is 14.8. The highest BCUT2D eigenvalue weighted by Gasteiger charge is 2.15. The predicted molar refractivity (Wildman–Crippen MR) is 105 cm³/mol. The minimum atomic E-state index is -1.85. The monoisotopic (exact) mass is 368 g/mol. The van der Waals surface area contributed by atoms with Gasteiger partial charge in [0.1, 0.15) is 0 Å². The van der Waals surface area contributed by atoms with Gasteiger partial charge in [-0.25, -0.2) is 0 Å². The first-order valence-corrected chi connectivity index (χ1v) is 11.4. The molecule has 0 aliphatic rings. The van der Waals surface area contributed by atoms with E-state index in [1.807, 2.05) is 25.7 Å². The normalized spacial score (nSPS) is 12.2.